The molecule has 0 radical (unpaired) electrons. The third kappa shape index (κ3) is 4.27. The maximum Gasteiger partial charge on any atom is 0.306 e. The van der Waals surface area contributed by atoms with Gasteiger partial charge in [-0.15, -0.1) is 0 Å². The molecule has 6 nitrogen and oxygen atoms in total. The van der Waals surface area contributed by atoms with Crippen molar-refractivity contribution in [3.8, 4) is 6.07 Å². The third-order valence-corrected chi connectivity index (χ3v) is 4.35. The van der Waals surface area contributed by atoms with Crippen LogP contribution in [0.4, 0.5) is 0 Å². The Morgan fingerprint density at radius 2 is 2.06 bits per heavy atom. The van der Waals surface area contributed by atoms with E-state index in [0.29, 0.717) is 12.8 Å². The number of nitriles is 1. The van der Waals surface area contributed by atoms with Crippen LogP contribution in [0.15, 0.2) is 0 Å². The molecule has 1 saturated carbocycles. The first kappa shape index (κ1) is 14.9. The van der Waals surface area contributed by atoms with Crippen LogP contribution < -0.4 is 4.72 Å². The molecule has 18 heavy (non-hydrogen) atoms. The van der Waals surface area contributed by atoms with Gasteiger partial charge in [-0.05, 0) is 19.8 Å². The van der Waals surface area contributed by atoms with Gasteiger partial charge in [-0.25, -0.2) is 8.42 Å². The van der Waals surface area contributed by atoms with Gasteiger partial charge in [0.05, 0.1) is 24.8 Å². The minimum atomic E-state index is -3.62. The zero-order valence-electron chi connectivity index (χ0n) is 10.4. The summed E-state index contributed by atoms with van der Waals surface area (Å²) in [5, 5.41) is 9.07. The number of nitrogens with one attached hydrogen (secondary N) is 1. The molecule has 0 heterocycles. The van der Waals surface area contributed by atoms with Crippen LogP contribution >= 0.6 is 0 Å². The fourth-order valence-corrected chi connectivity index (χ4v) is 3.40. The summed E-state index contributed by atoms with van der Waals surface area (Å²) in [4.78, 5) is 11.1. The van der Waals surface area contributed by atoms with Crippen LogP contribution in [0.1, 0.15) is 39.0 Å². The van der Waals surface area contributed by atoms with Crippen LogP contribution in [0.5, 0.6) is 0 Å². The maximum atomic E-state index is 11.8. The van der Waals surface area contributed by atoms with Gasteiger partial charge in [0.15, 0.2) is 0 Å². The van der Waals surface area contributed by atoms with Crippen LogP contribution in [0.25, 0.3) is 0 Å². The molecule has 1 aliphatic rings. The summed E-state index contributed by atoms with van der Waals surface area (Å²) >= 11 is 0. The van der Waals surface area contributed by atoms with Gasteiger partial charge in [0, 0.05) is 0 Å². The molecule has 102 valence electrons. The van der Waals surface area contributed by atoms with Crippen molar-refractivity contribution in [3.05, 3.63) is 0 Å². The van der Waals surface area contributed by atoms with Crippen LogP contribution in [-0.2, 0) is 19.6 Å². The highest BCUT2D eigenvalue weighted by Crippen LogP contribution is 2.29. The maximum absolute atomic E-state index is 11.8. The second kappa shape index (κ2) is 6.16. The van der Waals surface area contributed by atoms with E-state index in [0.717, 1.165) is 12.8 Å². The van der Waals surface area contributed by atoms with Gasteiger partial charge < -0.3 is 4.74 Å². The molecule has 0 bridgehead atoms. The van der Waals surface area contributed by atoms with Crippen molar-refractivity contribution in [2.24, 2.45) is 0 Å². The van der Waals surface area contributed by atoms with Crippen LogP contribution in [-0.4, -0.2) is 32.3 Å². The largest absolute Gasteiger partial charge is 0.466 e. The number of hydrogen-bond donors (Lipinski definition) is 1. The Morgan fingerprint density at radius 1 is 1.44 bits per heavy atom. The van der Waals surface area contributed by atoms with Gasteiger partial charge >= 0.3 is 5.97 Å². The molecule has 0 unspecified atom stereocenters. The Morgan fingerprint density at radius 3 is 2.56 bits per heavy atom. The summed E-state index contributed by atoms with van der Waals surface area (Å²) in [5.41, 5.74) is -0.979. The lowest BCUT2D eigenvalue weighted by Gasteiger charge is -2.21. The number of rotatable bonds is 6. The molecule has 0 spiro atoms. The first-order valence-electron chi connectivity index (χ1n) is 6.01. The number of esters is 1. The summed E-state index contributed by atoms with van der Waals surface area (Å²) in [6.45, 7) is 1.89. The van der Waals surface area contributed by atoms with Crippen molar-refractivity contribution in [1.29, 1.82) is 5.26 Å². The van der Waals surface area contributed by atoms with E-state index in [4.69, 9.17) is 5.26 Å². The second-order valence-corrected chi connectivity index (χ2v) is 6.22. The highest BCUT2D eigenvalue weighted by molar-refractivity contribution is 7.89. The molecule has 0 amide bonds. The summed E-state index contributed by atoms with van der Waals surface area (Å²) in [7, 11) is -3.62. The van der Waals surface area contributed by atoms with Crippen molar-refractivity contribution in [2.45, 2.75) is 44.6 Å². The predicted octanol–water partition coefficient (Wildman–Crippen LogP) is 0.695. The monoisotopic (exact) mass is 274 g/mol. The van der Waals surface area contributed by atoms with Crippen LogP contribution in [0.2, 0.25) is 0 Å². The first-order chi connectivity index (χ1) is 8.43. The van der Waals surface area contributed by atoms with Gasteiger partial charge in [0.1, 0.15) is 5.54 Å². The standard InChI is InChI=1S/C11H18N2O4S/c1-2-17-10(14)5-8-18(15,16)13-11(9-12)6-3-4-7-11/h13H,2-8H2,1H3. The SMILES string of the molecule is CCOC(=O)CCS(=O)(=O)NC1(C#N)CCCC1. The van der Waals surface area contributed by atoms with E-state index < -0.39 is 21.5 Å². The van der Waals surface area contributed by atoms with Crippen molar-refractivity contribution in [2.75, 3.05) is 12.4 Å². The molecule has 0 aliphatic heterocycles. The molecular formula is C11H18N2O4S. The second-order valence-electron chi connectivity index (χ2n) is 4.38. The number of sulfonamides is 1. The Hall–Kier alpha value is -1.13. The van der Waals surface area contributed by atoms with E-state index in [-0.39, 0.29) is 18.8 Å². The molecule has 0 atom stereocenters. The Kier molecular flexibility index (Phi) is 5.11. The highest BCUT2D eigenvalue weighted by Gasteiger charge is 2.37. The van der Waals surface area contributed by atoms with E-state index >= 15 is 0 Å². The highest BCUT2D eigenvalue weighted by atomic mass is 32.2. The minimum Gasteiger partial charge on any atom is -0.466 e. The van der Waals surface area contributed by atoms with E-state index in [1.165, 1.54) is 0 Å². The van der Waals surface area contributed by atoms with Gasteiger partial charge in [0.2, 0.25) is 10.0 Å². The number of ether oxygens (including phenoxy) is 1. The van der Waals surface area contributed by atoms with E-state index in [1.807, 2.05) is 6.07 Å². The molecule has 0 aromatic carbocycles. The van der Waals surface area contributed by atoms with Crippen LogP contribution in [0, 0.1) is 11.3 Å². The fourth-order valence-electron chi connectivity index (χ4n) is 2.01. The predicted molar refractivity (Wildman–Crippen MR) is 65.0 cm³/mol. The molecule has 7 heteroatoms. The van der Waals surface area contributed by atoms with Crippen molar-refractivity contribution in [3.63, 3.8) is 0 Å². The minimum absolute atomic E-state index is 0.190. The Balaban J connectivity index is 2.54. The number of hydrogen-bond acceptors (Lipinski definition) is 5. The zero-order chi connectivity index (χ0) is 13.6. The summed E-state index contributed by atoms with van der Waals surface area (Å²) in [6.07, 6.45) is 2.55. The third-order valence-electron chi connectivity index (χ3n) is 2.90. The average molecular weight is 274 g/mol. The molecule has 0 aromatic rings. The molecule has 1 fully saturated rings. The topological polar surface area (TPSA) is 96.3 Å². The lowest BCUT2D eigenvalue weighted by Crippen LogP contribution is -2.46. The summed E-state index contributed by atoms with van der Waals surface area (Å²) in [6, 6.07) is 2.04. The van der Waals surface area contributed by atoms with Gasteiger partial charge in [-0.2, -0.15) is 9.98 Å². The molecule has 1 aliphatic carbocycles. The van der Waals surface area contributed by atoms with Crippen molar-refractivity contribution in [1.82, 2.24) is 4.72 Å². The van der Waals surface area contributed by atoms with Crippen molar-refractivity contribution < 1.29 is 17.9 Å². The van der Waals surface area contributed by atoms with E-state index in [1.54, 1.807) is 6.92 Å². The lowest BCUT2D eigenvalue weighted by atomic mass is 10.0. The summed E-state index contributed by atoms with van der Waals surface area (Å²) < 4.78 is 30.7. The van der Waals surface area contributed by atoms with Crippen molar-refractivity contribution >= 4 is 16.0 Å². The molecule has 0 saturated heterocycles. The smallest absolute Gasteiger partial charge is 0.306 e. The van der Waals surface area contributed by atoms with Crippen LogP contribution in [0.3, 0.4) is 0 Å². The lowest BCUT2D eigenvalue weighted by molar-refractivity contribution is -0.142. The Labute approximate surface area is 107 Å². The Bertz CT molecular complexity index is 432. The van der Waals surface area contributed by atoms with E-state index in [9.17, 15) is 13.2 Å². The zero-order valence-corrected chi connectivity index (χ0v) is 11.3. The average Bonchev–Trinajstić information content (AvgIpc) is 2.76. The van der Waals surface area contributed by atoms with Gasteiger partial charge in [-0.3, -0.25) is 4.79 Å². The van der Waals surface area contributed by atoms with E-state index in [2.05, 4.69) is 9.46 Å². The summed E-state index contributed by atoms with van der Waals surface area (Å²) in [5.74, 6) is -0.879. The number of carbonyl (C=O) groups is 1. The molecule has 0 aromatic heterocycles. The molecule has 1 rings (SSSR count). The fraction of sp³-hybridized carbons (Fsp3) is 0.818. The molecular weight excluding hydrogens is 256 g/mol. The molecule has 1 N–H and O–H groups in total. The normalized spacial score (nSPS) is 18.2. The quantitative estimate of drug-likeness (QED) is 0.719. The van der Waals surface area contributed by atoms with Gasteiger partial charge in [0.25, 0.3) is 0 Å². The number of carbonyl (C=O) groups excluding carboxylic acids is 1. The number of nitrogens with zero attached hydrogens (tertiary/aromatic N) is 1. The van der Waals surface area contributed by atoms with Gasteiger partial charge in [-0.1, -0.05) is 12.8 Å². The first-order valence-corrected chi connectivity index (χ1v) is 7.67.